The third-order valence-corrected chi connectivity index (χ3v) is 5.09. The molecule has 0 radical (unpaired) electrons. The summed E-state index contributed by atoms with van der Waals surface area (Å²) >= 11 is 0. The highest BCUT2D eigenvalue weighted by Crippen LogP contribution is 2.18. The van der Waals surface area contributed by atoms with Crippen molar-refractivity contribution in [3.05, 3.63) is 29.6 Å². The molecule has 0 spiro atoms. The zero-order valence-corrected chi connectivity index (χ0v) is 19.9. The van der Waals surface area contributed by atoms with Crippen LogP contribution in [0.1, 0.15) is 44.1 Å². The lowest BCUT2D eigenvalue weighted by atomic mass is 10.1. The summed E-state index contributed by atoms with van der Waals surface area (Å²) in [5.41, 5.74) is 0.889. The van der Waals surface area contributed by atoms with Crippen LogP contribution in [0.2, 0.25) is 0 Å². The largest absolute Gasteiger partial charge is 0.494 e. The topological polar surface area (TPSA) is 40.1 Å². The standard InChI is InChI=1S/C21H35FN4O.HI/c1-23-21(24-12-6-4-7-13-26-14-8-5-9-15-26)25(2)17-18-10-11-20(27-3)19(22)16-18;/h10-11,16H,4-9,12-15,17H2,1-3H3,(H,23,24);1H. The lowest BCUT2D eigenvalue weighted by Crippen LogP contribution is -2.39. The van der Waals surface area contributed by atoms with Gasteiger partial charge in [-0.3, -0.25) is 4.99 Å². The van der Waals surface area contributed by atoms with E-state index < -0.39 is 0 Å². The zero-order valence-electron chi connectivity index (χ0n) is 17.5. The fraction of sp³-hybridized carbons (Fsp3) is 0.667. The second-order valence-electron chi connectivity index (χ2n) is 7.26. The Balaban J connectivity index is 0.00000392. The van der Waals surface area contributed by atoms with Crippen LogP contribution in [0.25, 0.3) is 0 Å². The van der Waals surface area contributed by atoms with Gasteiger partial charge in [-0.05, 0) is 63.0 Å². The first-order valence-corrected chi connectivity index (χ1v) is 10.1. The van der Waals surface area contributed by atoms with E-state index in [4.69, 9.17) is 4.74 Å². The van der Waals surface area contributed by atoms with Gasteiger partial charge in [-0.15, -0.1) is 24.0 Å². The van der Waals surface area contributed by atoms with Gasteiger partial charge in [0.1, 0.15) is 0 Å². The molecule has 1 heterocycles. The van der Waals surface area contributed by atoms with Gasteiger partial charge in [-0.2, -0.15) is 0 Å². The molecule has 0 bridgehead atoms. The summed E-state index contributed by atoms with van der Waals surface area (Å²) in [5, 5.41) is 3.41. The molecule has 1 fully saturated rings. The average molecular weight is 506 g/mol. The van der Waals surface area contributed by atoms with Crippen LogP contribution in [0.4, 0.5) is 4.39 Å². The summed E-state index contributed by atoms with van der Waals surface area (Å²) in [6.45, 7) is 5.30. The molecule has 0 aliphatic carbocycles. The van der Waals surface area contributed by atoms with Crippen LogP contribution in [0.3, 0.4) is 0 Å². The summed E-state index contributed by atoms with van der Waals surface area (Å²) in [6.07, 6.45) is 7.76. The molecular formula is C21H36FIN4O. The maximum absolute atomic E-state index is 13.8. The molecule has 160 valence electrons. The number of piperidine rings is 1. The number of likely N-dealkylation sites (tertiary alicyclic amines) is 1. The number of hydrogen-bond acceptors (Lipinski definition) is 3. The molecule has 0 aromatic heterocycles. The molecule has 2 rings (SSSR count). The number of nitrogens with zero attached hydrogens (tertiary/aromatic N) is 3. The van der Waals surface area contributed by atoms with Crippen molar-refractivity contribution in [3.63, 3.8) is 0 Å². The smallest absolute Gasteiger partial charge is 0.193 e. The van der Waals surface area contributed by atoms with Gasteiger partial charge in [0, 0.05) is 27.2 Å². The lowest BCUT2D eigenvalue weighted by Gasteiger charge is -2.26. The molecule has 0 unspecified atom stereocenters. The van der Waals surface area contributed by atoms with Crippen molar-refractivity contribution in [2.45, 2.75) is 45.1 Å². The molecule has 0 saturated carbocycles. The van der Waals surface area contributed by atoms with Crippen molar-refractivity contribution in [1.29, 1.82) is 0 Å². The molecule has 1 aliphatic heterocycles. The van der Waals surface area contributed by atoms with E-state index >= 15 is 0 Å². The number of nitrogens with one attached hydrogen (secondary N) is 1. The number of unbranched alkanes of at least 4 members (excludes halogenated alkanes) is 2. The quantitative estimate of drug-likeness (QED) is 0.237. The third-order valence-electron chi connectivity index (χ3n) is 5.09. The van der Waals surface area contributed by atoms with E-state index in [0.717, 1.165) is 24.5 Å². The van der Waals surface area contributed by atoms with Crippen molar-refractivity contribution in [1.82, 2.24) is 15.1 Å². The van der Waals surface area contributed by atoms with Crippen molar-refractivity contribution in [2.75, 3.05) is 47.4 Å². The van der Waals surface area contributed by atoms with E-state index in [0.29, 0.717) is 6.54 Å². The number of aliphatic imine (C=N–C) groups is 1. The Hall–Kier alpha value is -1.09. The summed E-state index contributed by atoms with van der Waals surface area (Å²) in [6, 6.07) is 5.06. The molecule has 0 atom stereocenters. The average Bonchev–Trinajstić information content (AvgIpc) is 2.68. The monoisotopic (exact) mass is 506 g/mol. The Bertz CT molecular complexity index is 594. The maximum Gasteiger partial charge on any atom is 0.193 e. The van der Waals surface area contributed by atoms with Gasteiger partial charge in [0.2, 0.25) is 0 Å². The van der Waals surface area contributed by atoms with Crippen molar-refractivity contribution < 1.29 is 9.13 Å². The summed E-state index contributed by atoms with van der Waals surface area (Å²) in [4.78, 5) is 8.94. The predicted octanol–water partition coefficient (Wildman–Crippen LogP) is 4.12. The first-order chi connectivity index (χ1) is 13.1. The van der Waals surface area contributed by atoms with Gasteiger partial charge < -0.3 is 19.9 Å². The maximum atomic E-state index is 13.8. The number of rotatable bonds is 9. The molecule has 28 heavy (non-hydrogen) atoms. The molecule has 1 aromatic carbocycles. The van der Waals surface area contributed by atoms with E-state index in [1.54, 1.807) is 13.1 Å². The van der Waals surface area contributed by atoms with Gasteiger partial charge in [0.05, 0.1) is 7.11 Å². The fourth-order valence-electron chi connectivity index (χ4n) is 3.56. The number of hydrogen-bond donors (Lipinski definition) is 1. The van der Waals surface area contributed by atoms with E-state index in [-0.39, 0.29) is 35.5 Å². The van der Waals surface area contributed by atoms with Crippen LogP contribution < -0.4 is 10.1 Å². The Kier molecular flexibility index (Phi) is 12.5. The van der Waals surface area contributed by atoms with E-state index in [9.17, 15) is 4.39 Å². The first-order valence-electron chi connectivity index (χ1n) is 10.1. The van der Waals surface area contributed by atoms with Gasteiger partial charge in [0.25, 0.3) is 0 Å². The zero-order chi connectivity index (χ0) is 19.5. The van der Waals surface area contributed by atoms with Crippen LogP contribution in [0, 0.1) is 5.82 Å². The van der Waals surface area contributed by atoms with Gasteiger partial charge in [0.15, 0.2) is 17.5 Å². The first kappa shape index (κ1) is 24.9. The summed E-state index contributed by atoms with van der Waals surface area (Å²) in [5.74, 6) is 0.774. The molecule has 5 nitrogen and oxygen atoms in total. The number of ether oxygens (including phenoxy) is 1. The van der Waals surface area contributed by atoms with Gasteiger partial charge >= 0.3 is 0 Å². The van der Waals surface area contributed by atoms with Gasteiger partial charge in [-0.25, -0.2) is 4.39 Å². The number of guanidine groups is 1. The highest BCUT2D eigenvalue weighted by Gasteiger charge is 2.10. The molecule has 1 saturated heterocycles. The van der Waals surface area contributed by atoms with Crippen LogP contribution in [0.5, 0.6) is 5.75 Å². The van der Waals surface area contributed by atoms with Crippen molar-refractivity contribution in [2.24, 2.45) is 4.99 Å². The Labute approximate surface area is 186 Å². The second kappa shape index (κ2) is 14.0. The van der Waals surface area contributed by atoms with Crippen LogP contribution in [0.15, 0.2) is 23.2 Å². The fourth-order valence-corrected chi connectivity index (χ4v) is 3.56. The number of benzene rings is 1. The van der Waals surface area contributed by atoms with Crippen LogP contribution >= 0.6 is 24.0 Å². The summed E-state index contributed by atoms with van der Waals surface area (Å²) in [7, 11) is 5.22. The number of halogens is 2. The molecule has 7 heteroatoms. The van der Waals surface area contributed by atoms with Crippen molar-refractivity contribution in [3.8, 4) is 5.75 Å². The van der Waals surface area contributed by atoms with E-state index in [1.807, 2.05) is 18.0 Å². The molecule has 1 aliphatic rings. The minimum atomic E-state index is -0.333. The molecule has 1 N–H and O–H groups in total. The SMILES string of the molecule is CN=C(NCCCCCN1CCCCC1)N(C)Cc1ccc(OC)c(F)c1.I. The molecule has 1 aromatic rings. The Morgan fingerprint density at radius 2 is 1.96 bits per heavy atom. The minimum absolute atomic E-state index is 0. The normalized spacial score (nSPS) is 15.1. The van der Waals surface area contributed by atoms with E-state index in [1.165, 1.54) is 64.9 Å². The Morgan fingerprint density at radius 3 is 2.61 bits per heavy atom. The van der Waals surface area contributed by atoms with Crippen LogP contribution in [-0.4, -0.2) is 63.1 Å². The summed E-state index contributed by atoms with van der Waals surface area (Å²) < 4.78 is 18.8. The third kappa shape index (κ3) is 8.51. The van der Waals surface area contributed by atoms with Crippen molar-refractivity contribution >= 4 is 29.9 Å². The minimum Gasteiger partial charge on any atom is -0.494 e. The number of methoxy groups -OCH3 is 1. The Morgan fingerprint density at radius 1 is 1.21 bits per heavy atom. The van der Waals surface area contributed by atoms with Crippen LogP contribution in [-0.2, 0) is 6.54 Å². The second-order valence-corrected chi connectivity index (χ2v) is 7.26. The highest BCUT2D eigenvalue weighted by molar-refractivity contribution is 14.0. The highest BCUT2D eigenvalue weighted by atomic mass is 127. The van der Waals surface area contributed by atoms with Gasteiger partial charge in [-0.1, -0.05) is 18.9 Å². The molecule has 0 amide bonds. The van der Waals surface area contributed by atoms with E-state index in [2.05, 4.69) is 15.2 Å². The molecular weight excluding hydrogens is 470 g/mol. The lowest BCUT2D eigenvalue weighted by molar-refractivity contribution is 0.224. The predicted molar refractivity (Wildman–Crippen MR) is 125 cm³/mol.